The molecule has 0 spiro atoms. The second kappa shape index (κ2) is 3.49. The van der Waals surface area contributed by atoms with Crippen molar-refractivity contribution < 1.29 is 4.74 Å². The van der Waals surface area contributed by atoms with Gasteiger partial charge in [0, 0.05) is 11.0 Å². The van der Waals surface area contributed by atoms with Crippen LogP contribution in [0, 0.1) is 5.92 Å². The largest absolute Gasteiger partial charge is 0.457 e. The van der Waals surface area contributed by atoms with Crippen molar-refractivity contribution in [2.24, 2.45) is 5.92 Å². The fourth-order valence-corrected chi connectivity index (χ4v) is 3.18. The first-order valence-corrected chi connectivity index (χ1v) is 6.29. The highest BCUT2D eigenvalue weighted by molar-refractivity contribution is 5.52. The molecule has 1 nitrogen and oxygen atoms in total. The molecule has 0 N–H and O–H groups in total. The first-order chi connectivity index (χ1) is 8.10. The highest BCUT2D eigenvalue weighted by Crippen LogP contribution is 2.48. The Labute approximate surface area is 103 Å². The number of benzene rings is 1. The van der Waals surface area contributed by atoms with E-state index in [1.165, 1.54) is 11.1 Å². The number of hydrogen-bond donors (Lipinski definition) is 0. The maximum absolute atomic E-state index is 6.03. The molecule has 1 heteroatoms. The summed E-state index contributed by atoms with van der Waals surface area (Å²) < 4.78 is 6.03. The van der Waals surface area contributed by atoms with Crippen LogP contribution < -0.4 is 4.74 Å². The second-order valence-electron chi connectivity index (χ2n) is 5.54. The lowest BCUT2D eigenvalue weighted by Crippen LogP contribution is -2.32. The zero-order chi connectivity index (χ0) is 12.0. The van der Waals surface area contributed by atoms with Crippen LogP contribution in [0.1, 0.15) is 32.8 Å². The van der Waals surface area contributed by atoms with Crippen molar-refractivity contribution in [2.45, 2.75) is 32.6 Å². The minimum absolute atomic E-state index is 0.0777. The summed E-state index contributed by atoms with van der Waals surface area (Å²) in [6, 6.07) is 8.38. The summed E-state index contributed by atoms with van der Waals surface area (Å²) in [5.74, 6) is 2.64. The molecule has 0 bridgehead atoms. The number of ether oxygens (including phenoxy) is 1. The molecule has 0 saturated heterocycles. The Hall–Kier alpha value is -1.50. The van der Waals surface area contributed by atoms with Crippen molar-refractivity contribution in [3.05, 3.63) is 53.3 Å². The van der Waals surface area contributed by atoms with Crippen molar-refractivity contribution in [3.8, 4) is 5.75 Å². The summed E-state index contributed by atoms with van der Waals surface area (Å²) >= 11 is 0. The molecular weight excluding hydrogens is 208 g/mol. The molecule has 1 aromatic carbocycles. The zero-order valence-corrected chi connectivity index (χ0v) is 10.7. The van der Waals surface area contributed by atoms with Gasteiger partial charge in [0.1, 0.15) is 11.5 Å². The molecule has 2 aliphatic rings. The Kier molecular flexibility index (Phi) is 2.19. The average Bonchev–Trinajstić information content (AvgIpc) is 2.28. The fourth-order valence-electron chi connectivity index (χ4n) is 3.18. The van der Waals surface area contributed by atoms with Gasteiger partial charge >= 0.3 is 0 Å². The summed E-state index contributed by atoms with van der Waals surface area (Å²) in [6.45, 7) is 6.90. The van der Waals surface area contributed by atoms with E-state index in [1.807, 2.05) is 6.07 Å². The van der Waals surface area contributed by atoms with Gasteiger partial charge in [-0.2, -0.15) is 0 Å². The number of fused-ring (bicyclic) bond motifs is 1. The topological polar surface area (TPSA) is 9.23 Å². The third-order valence-corrected chi connectivity index (χ3v) is 3.97. The van der Waals surface area contributed by atoms with E-state index in [4.69, 9.17) is 4.74 Å². The predicted octanol–water partition coefficient (Wildman–Crippen LogP) is 4.21. The summed E-state index contributed by atoms with van der Waals surface area (Å²) in [4.78, 5) is 0. The minimum atomic E-state index is 0.0777. The van der Waals surface area contributed by atoms with Crippen LogP contribution in [-0.2, 0) is 5.41 Å². The van der Waals surface area contributed by atoms with Gasteiger partial charge in [0.25, 0.3) is 0 Å². The second-order valence-corrected chi connectivity index (χ2v) is 5.54. The number of hydrogen-bond acceptors (Lipinski definition) is 1. The lowest BCUT2D eigenvalue weighted by Gasteiger charge is -2.40. The highest BCUT2D eigenvalue weighted by Gasteiger charge is 2.38. The van der Waals surface area contributed by atoms with Gasteiger partial charge in [0.15, 0.2) is 0 Å². The molecule has 1 aromatic rings. The van der Waals surface area contributed by atoms with Crippen LogP contribution in [0.25, 0.3) is 0 Å². The van der Waals surface area contributed by atoms with E-state index in [0.29, 0.717) is 5.92 Å². The number of para-hydroxylation sites is 1. The molecule has 1 unspecified atom stereocenters. The van der Waals surface area contributed by atoms with Crippen LogP contribution >= 0.6 is 0 Å². The van der Waals surface area contributed by atoms with E-state index in [1.54, 1.807) is 0 Å². The monoisotopic (exact) mass is 226 g/mol. The fraction of sp³-hybridized carbons (Fsp3) is 0.375. The van der Waals surface area contributed by atoms with Gasteiger partial charge in [-0.1, -0.05) is 45.0 Å². The van der Waals surface area contributed by atoms with Crippen molar-refractivity contribution in [2.75, 3.05) is 0 Å². The quantitative estimate of drug-likeness (QED) is 0.644. The first kappa shape index (κ1) is 10.6. The summed E-state index contributed by atoms with van der Waals surface area (Å²) in [7, 11) is 0. The van der Waals surface area contributed by atoms with E-state index >= 15 is 0 Å². The van der Waals surface area contributed by atoms with Crippen LogP contribution in [0.5, 0.6) is 5.75 Å². The van der Waals surface area contributed by atoms with Crippen LogP contribution in [-0.4, -0.2) is 0 Å². The molecular formula is C16H18O. The Balaban J connectivity index is 2.21. The zero-order valence-electron chi connectivity index (χ0n) is 10.7. The van der Waals surface area contributed by atoms with Crippen LogP contribution in [0.4, 0.5) is 0 Å². The third-order valence-electron chi connectivity index (χ3n) is 3.97. The van der Waals surface area contributed by atoms with E-state index < -0.39 is 0 Å². The van der Waals surface area contributed by atoms with Gasteiger partial charge in [-0.05, 0) is 30.1 Å². The third kappa shape index (κ3) is 1.45. The molecule has 1 aliphatic carbocycles. The van der Waals surface area contributed by atoms with Crippen molar-refractivity contribution in [1.82, 2.24) is 0 Å². The van der Waals surface area contributed by atoms with Crippen LogP contribution in [0.3, 0.4) is 0 Å². The molecule has 88 valence electrons. The van der Waals surface area contributed by atoms with Crippen LogP contribution in [0.2, 0.25) is 0 Å². The maximum atomic E-state index is 6.03. The molecule has 0 aromatic heterocycles. The lowest BCUT2D eigenvalue weighted by molar-refractivity contribution is 0.351. The number of allylic oxidation sites excluding steroid dienone is 3. The Bertz CT molecular complexity index is 520. The number of rotatable bonds is 0. The molecule has 3 rings (SSSR count). The van der Waals surface area contributed by atoms with Crippen LogP contribution in [0.15, 0.2) is 47.7 Å². The summed E-state index contributed by atoms with van der Waals surface area (Å²) in [5.41, 5.74) is 2.83. The molecule has 1 atom stereocenters. The SMILES string of the molecule is CC1CC=CC2=C1C(C)(C)c1ccccc1O2. The van der Waals surface area contributed by atoms with Crippen molar-refractivity contribution in [1.29, 1.82) is 0 Å². The van der Waals surface area contributed by atoms with Gasteiger partial charge in [0.05, 0.1) is 0 Å². The standard InChI is InChI=1S/C16H18O/c1-11-7-6-10-14-15(11)16(2,3)12-8-4-5-9-13(12)17-14/h4-6,8-11H,7H2,1-3H3. The van der Waals surface area contributed by atoms with Gasteiger partial charge in [0.2, 0.25) is 0 Å². The predicted molar refractivity (Wildman–Crippen MR) is 70.0 cm³/mol. The Morgan fingerprint density at radius 3 is 2.82 bits per heavy atom. The normalized spacial score (nSPS) is 25.0. The molecule has 0 radical (unpaired) electrons. The van der Waals surface area contributed by atoms with E-state index in [-0.39, 0.29) is 5.41 Å². The summed E-state index contributed by atoms with van der Waals surface area (Å²) in [6.07, 6.45) is 5.47. The molecule has 0 fully saturated rings. The first-order valence-electron chi connectivity index (χ1n) is 6.29. The van der Waals surface area contributed by atoms with Gasteiger partial charge < -0.3 is 4.74 Å². The molecule has 0 amide bonds. The van der Waals surface area contributed by atoms with E-state index in [9.17, 15) is 0 Å². The summed E-state index contributed by atoms with van der Waals surface area (Å²) in [5, 5.41) is 0. The molecule has 0 saturated carbocycles. The van der Waals surface area contributed by atoms with Crippen molar-refractivity contribution in [3.63, 3.8) is 0 Å². The van der Waals surface area contributed by atoms with Crippen molar-refractivity contribution >= 4 is 0 Å². The smallest absolute Gasteiger partial charge is 0.131 e. The highest BCUT2D eigenvalue weighted by atomic mass is 16.5. The molecule has 1 aliphatic heterocycles. The minimum Gasteiger partial charge on any atom is -0.457 e. The average molecular weight is 226 g/mol. The Morgan fingerprint density at radius 1 is 1.24 bits per heavy atom. The lowest BCUT2D eigenvalue weighted by atomic mass is 9.69. The van der Waals surface area contributed by atoms with Gasteiger partial charge in [-0.25, -0.2) is 0 Å². The molecule has 17 heavy (non-hydrogen) atoms. The van der Waals surface area contributed by atoms with E-state index in [0.717, 1.165) is 17.9 Å². The van der Waals surface area contributed by atoms with Gasteiger partial charge in [-0.15, -0.1) is 0 Å². The maximum Gasteiger partial charge on any atom is 0.131 e. The molecule has 1 heterocycles. The van der Waals surface area contributed by atoms with E-state index in [2.05, 4.69) is 51.1 Å². The van der Waals surface area contributed by atoms with Gasteiger partial charge in [-0.3, -0.25) is 0 Å². The Morgan fingerprint density at radius 2 is 2.00 bits per heavy atom.